The fourth-order valence-electron chi connectivity index (χ4n) is 3.22. The van der Waals surface area contributed by atoms with Gasteiger partial charge in [-0.1, -0.05) is 29.5 Å². The standard InChI is InChI=1S/C25H24N2O4S/c1-3-30-16-15-27-22-14-13-21(29-2)17-23(22)32-25(27)26-24(28)18-9-11-20(12-10-18)31-19-7-5-4-6-8-19/h4-14,17H,3,15-16H2,1-2H3. The van der Waals surface area contributed by atoms with Crippen molar-refractivity contribution in [2.24, 2.45) is 4.99 Å². The van der Waals surface area contributed by atoms with Crippen molar-refractivity contribution >= 4 is 27.5 Å². The van der Waals surface area contributed by atoms with Crippen LogP contribution >= 0.6 is 11.3 Å². The molecule has 4 aromatic rings. The van der Waals surface area contributed by atoms with Gasteiger partial charge in [0.1, 0.15) is 17.2 Å². The Balaban J connectivity index is 1.62. The molecule has 0 radical (unpaired) electrons. The molecule has 1 amide bonds. The van der Waals surface area contributed by atoms with Crippen LogP contribution in [0.2, 0.25) is 0 Å². The Kier molecular flexibility index (Phi) is 6.99. The van der Waals surface area contributed by atoms with Gasteiger partial charge in [0.15, 0.2) is 4.80 Å². The van der Waals surface area contributed by atoms with E-state index in [1.807, 2.05) is 60.0 Å². The van der Waals surface area contributed by atoms with Gasteiger partial charge in [0.2, 0.25) is 0 Å². The number of ether oxygens (including phenoxy) is 3. The fraction of sp³-hybridized carbons (Fsp3) is 0.200. The zero-order valence-electron chi connectivity index (χ0n) is 18.0. The summed E-state index contributed by atoms with van der Waals surface area (Å²) in [6.07, 6.45) is 0. The summed E-state index contributed by atoms with van der Waals surface area (Å²) >= 11 is 1.45. The van der Waals surface area contributed by atoms with Gasteiger partial charge in [-0.25, -0.2) is 0 Å². The summed E-state index contributed by atoms with van der Waals surface area (Å²) in [4.78, 5) is 17.9. The lowest BCUT2D eigenvalue weighted by molar-refractivity contribution is 0.0996. The molecule has 0 aliphatic rings. The molecule has 1 aromatic heterocycles. The first-order valence-corrected chi connectivity index (χ1v) is 11.2. The maximum absolute atomic E-state index is 12.9. The van der Waals surface area contributed by atoms with Gasteiger partial charge in [-0.2, -0.15) is 4.99 Å². The first kappa shape index (κ1) is 21.8. The second-order valence-corrected chi connectivity index (χ2v) is 7.93. The molecular formula is C25H24N2O4S. The molecule has 1 heterocycles. The number of carbonyl (C=O) groups excluding carboxylic acids is 1. The van der Waals surface area contributed by atoms with Crippen molar-refractivity contribution in [1.29, 1.82) is 0 Å². The number of fused-ring (bicyclic) bond motifs is 1. The Morgan fingerprint density at radius 3 is 2.41 bits per heavy atom. The molecule has 0 aliphatic carbocycles. The van der Waals surface area contributed by atoms with Crippen LogP contribution in [0.4, 0.5) is 0 Å². The maximum Gasteiger partial charge on any atom is 0.279 e. The second kappa shape index (κ2) is 10.3. The molecule has 0 N–H and O–H groups in total. The van der Waals surface area contributed by atoms with Crippen molar-refractivity contribution in [1.82, 2.24) is 4.57 Å². The summed E-state index contributed by atoms with van der Waals surface area (Å²) in [6.45, 7) is 3.75. The second-order valence-electron chi connectivity index (χ2n) is 6.92. The first-order chi connectivity index (χ1) is 15.7. The Hall–Kier alpha value is -3.42. The van der Waals surface area contributed by atoms with E-state index >= 15 is 0 Å². The van der Waals surface area contributed by atoms with Crippen LogP contribution in [0.1, 0.15) is 17.3 Å². The van der Waals surface area contributed by atoms with Crippen molar-refractivity contribution in [2.45, 2.75) is 13.5 Å². The average Bonchev–Trinajstić information content (AvgIpc) is 3.16. The minimum atomic E-state index is -0.306. The quantitative estimate of drug-likeness (QED) is 0.344. The minimum Gasteiger partial charge on any atom is -0.497 e. The van der Waals surface area contributed by atoms with E-state index in [-0.39, 0.29) is 5.91 Å². The first-order valence-electron chi connectivity index (χ1n) is 10.3. The summed E-state index contributed by atoms with van der Waals surface area (Å²) in [5.74, 6) is 1.86. The molecular weight excluding hydrogens is 424 g/mol. The van der Waals surface area contributed by atoms with Gasteiger partial charge in [-0.05, 0) is 61.5 Å². The van der Waals surface area contributed by atoms with E-state index in [0.29, 0.717) is 35.9 Å². The molecule has 0 saturated carbocycles. The zero-order valence-corrected chi connectivity index (χ0v) is 18.8. The molecule has 3 aromatic carbocycles. The molecule has 164 valence electrons. The van der Waals surface area contributed by atoms with Crippen LogP contribution in [0.25, 0.3) is 10.2 Å². The molecule has 0 fully saturated rings. The lowest BCUT2D eigenvalue weighted by atomic mass is 10.2. The highest BCUT2D eigenvalue weighted by Crippen LogP contribution is 2.24. The molecule has 0 bridgehead atoms. The van der Waals surface area contributed by atoms with E-state index in [4.69, 9.17) is 14.2 Å². The van der Waals surface area contributed by atoms with E-state index in [1.54, 1.807) is 31.4 Å². The Bertz CT molecular complexity index is 1260. The number of thiazole rings is 1. The number of hydrogen-bond acceptors (Lipinski definition) is 5. The minimum absolute atomic E-state index is 0.306. The van der Waals surface area contributed by atoms with Gasteiger partial charge < -0.3 is 18.8 Å². The van der Waals surface area contributed by atoms with Crippen LogP contribution in [-0.4, -0.2) is 30.8 Å². The van der Waals surface area contributed by atoms with Crippen molar-refractivity contribution in [3.8, 4) is 17.2 Å². The molecule has 7 heteroatoms. The van der Waals surface area contributed by atoms with Crippen LogP contribution in [0.3, 0.4) is 0 Å². The highest BCUT2D eigenvalue weighted by atomic mass is 32.1. The van der Waals surface area contributed by atoms with Gasteiger partial charge in [-0.15, -0.1) is 0 Å². The van der Waals surface area contributed by atoms with Crippen LogP contribution in [0.5, 0.6) is 17.2 Å². The van der Waals surface area contributed by atoms with Crippen molar-refractivity contribution in [3.05, 3.63) is 83.2 Å². The molecule has 0 saturated heterocycles. The number of carbonyl (C=O) groups is 1. The average molecular weight is 449 g/mol. The maximum atomic E-state index is 12.9. The number of amides is 1. The normalized spacial score (nSPS) is 11.6. The van der Waals surface area contributed by atoms with Crippen LogP contribution in [0, 0.1) is 0 Å². The lowest BCUT2D eigenvalue weighted by Gasteiger charge is -2.06. The van der Waals surface area contributed by atoms with E-state index in [0.717, 1.165) is 21.7 Å². The van der Waals surface area contributed by atoms with Crippen molar-refractivity contribution in [2.75, 3.05) is 20.3 Å². The van der Waals surface area contributed by atoms with E-state index in [1.165, 1.54) is 11.3 Å². The van der Waals surface area contributed by atoms with E-state index in [9.17, 15) is 4.79 Å². The van der Waals surface area contributed by atoms with Gasteiger partial charge in [0, 0.05) is 18.7 Å². The highest BCUT2D eigenvalue weighted by Gasteiger charge is 2.11. The van der Waals surface area contributed by atoms with Crippen molar-refractivity contribution < 1.29 is 19.0 Å². The van der Waals surface area contributed by atoms with Crippen LogP contribution < -0.4 is 14.3 Å². The van der Waals surface area contributed by atoms with Gasteiger partial charge >= 0.3 is 0 Å². The third-order valence-electron chi connectivity index (χ3n) is 4.83. The number of aromatic nitrogens is 1. The van der Waals surface area contributed by atoms with E-state index in [2.05, 4.69) is 4.99 Å². The van der Waals surface area contributed by atoms with Gasteiger partial charge in [-0.3, -0.25) is 4.79 Å². The van der Waals surface area contributed by atoms with Gasteiger partial charge in [0.05, 0.1) is 23.9 Å². The smallest absolute Gasteiger partial charge is 0.279 e. The lowest BCUT2D eigenvalue weighted by Crippen LogP contribution is -2.19. The summed E-state index contributed by atoms with van der Waals surface area (Å²) in [7, 11) is 1.64. The predicted octanol–water partition coefficient (Wildman–Crippen LogP) is 5.28. The van der Waals surface area contributed by atoms with E-state index < -0.39 is 0 Å². The SMILES string of the molecule is CCOCCn1c(=NC(=O)c2ccc(Oc3ccccc3)cc2)sc2cc(OC)ccc21. The summed E-state index contributed by atoms with van der Waals surface area (Å²) < 4.78 is 19.7. The van der Waals surface area contributed by atoms with Crippen LogP contribution in [-0.2, 0) is 11.3 Å². The topological polar surface area (TPSA) is 62.1 Å². The third kappa shape index (κ3) is 5.07. The number of methoxy groups -OCH3 is 1. The third-order valence-corrected chi connectivity index (χ3v) is 5.87. The molecule has 0 aliphatic heterocycles. The molecule has 0 unspecified atom stereocenters. The fourth-order valence-corrected chi connectivity index (χ4v) is 4.31. The van der Waals surface area contributed by atoms with Crippen molar-refractivity contribution in [3.63, 3.8) is 0 Å². The predicted molar refractivity (Wildman–Crippen MR) is 126 cm³/mol. The Morgan fingerprint density at radius 1 is 0.969 bits per heavy atom. The molecule has 4 rings (SSSR count). The number of nitrogens with zero attached hydrogens (tertiary/aromatic N) is 2. The number of para-hydroxylation sites is 1. The molecule has 0 spiro atoms. The number of benzene rings is 3. The molecule has 6 nitrogen and oxygen atoms in total. The number of hydrogen-bond donors (Lipinski definition) is 0. The summed E-state index contributed by atoms with van der Waals surface area (Å²) in [5, 5.41) is 0. The highest BCUT2D eigenvalue weighted by molar-refractivity contribution is 7.16. The Morgan fingerprint density at radius 2 is 1.69 bits per heavy atom. The van der Waals surface area contributed by atoms with Crippen LogP contribution in [0.15, 0.2) is 77.8 Å². The summed E-state index contributed by atoms with van der Waals surface area (Å²) in [6, 6.07) is 22.4. The van der Waals surface area contributed by atoms with Gasteiger partial charge in [0.25, 0.3) is 5.91 Å². The summed E-state index contributed by atoms with van der Waals surface area (Å²) in [5.41, 5.74) is 1.49. The largest absolute Gasteiger partial charge is 0.497 e. The molecule has 0 atom stereocenters. The zero-order chi connectivity index (χ0) is 22.3. The Labute approximate surface area is 190 Å². The number of rotatable bonds is 8. The monoisotopic (exact) mass is 448 g/mol. The molecule has 32 heavy (non-hydrogen) atoms.